The molecule has 0 saturated carbocycles. The lowest BCUT2D eigenvalue weighted by Crippen LogP contribution is -2.43. The SMILES string of the molecule is Cc1cc(N2CCNCC2)nc2sc(C(=O)O)c(N)c12. The van der Waals surface area contributed by atoms with E-state index < -0.39 is 5.97 Å². The van der Waals surface area contributed by atoms with Crippen LogP contribution in [0, 0.1) is 6.92 Å². The number of hydrogen-bond donors (Lipinski definition) is 3. The highest BCUT2D eigenvalue weighted by atomic mass is 32.1. The van der Waals surface area contributed by atoms with Gasteiger partial charge in [-0.15, -0.1) is 11.3 Å². The van der Waals surface area contributed by atoms with Gasteiger partial charge in [0.05, 0.1) is 5.69 Å². The maximum atomic E-state index is 11.2. The van der Waals surface area contributed by atoms with Crippen LogP contribution in [0.25, 0.3) is 10.2 Å². The second-order valence-electron chi connectivity index (χ2n) is 4.86. The van der Waals surface area contributed by atoms with Crippen molar-refractivity contribution in [2.24, 2.45) is 0 Å². The first-order chi connectivity index (χ1) is 9.58. The number of nitrogens with one attached hydrogen (secondary N) is 1. The second kappa shape index (κ2) is 4.92. The first-order valence-electron chi connectivity index (χ1n) is 6.46. The number of hydrogen-bond acceptors (Lipinski definition) is 6. The summed E-state index contributed by atoms with van der Waals surface area (Å²) in [5.74, 6) is -0.0942. The van der Waals surface area contributed by atoms with Crippen LogP contribution in [0.5, 0.6) is 0 Å². The van der Waals surface area contributed by atoms with E-state index in [4.69, 9.17) is 10.8 Å². The first-order valence-corrected chi connectivity index (χ1v) is 7.28. The summed E-state index contributed by atoms with van der Waals surface area (Å²) in [5.41, 5.74) is 7.24. The van der Waals surface area contributed by atoms with Gasteiger partial charge < -0.3 is 21.1 Å². The highest BCUT2D eigenvalue weighted by Crippen LogP contribution is 2.36. The Bertz CT molecular complexity index is 677. The molecule has 1 saturated heterocycles. The van der Waals surface area contributed by atoms with Crippen LogP contribution in [0.2, 0.25) is 0 Å². The number of carbonyl (C=O) groups is 1. The van der Waals surface area contributed by atoms with Gasteiger partial charge in [0.2, 0.25) is 0 Å². The van der Waals surface area contributed by atoms with Gasteiger partial charge in [0.15, 0.2) is 0 Å². The van der Waals surface area contributed by atoms with Gasteiger partial charge in [-0.1, -0.05) is 0 Å². The van der Waals surface area contributed by atoms with Crippen LogP contribution in [-0.2, 0) is 0 Å². The molecule has 2 aromatic heterocycles. The van der Waals surface area contributed by atoms with E-state index >= 15 is 0 Å². The lowest BCUT2D eigenvalue weighted by atomic mass is 10.1. The van der Waals surface area contributed by atoms with Crippen LogP contribution in [0.15, 0.2) is 6.07 Å². The van der Waals surface area contributed by atoms with E-state index in [1.807, 2.05) is 13.0 Å². The molecule has 0 radical (unpaired) electrons. The zero-order chi connectivity index (χ0) is 14.3. The number of aryl methyl sites for hydroxylation is 1. The Kier molecular flexibility index (Phi) is 3.23. The first kappa shape index (κ1) is 13.1. The number of nitrogens with two attached hydrogens (primary N) is 1. The Morgan fingerprint density at radius 1 is 1.50 bits per heavy atom. The minimum absolute atomic E-state index is 0.174. The van der Waals surface area contributed by atoms with E-state index in [9.17, 15) is 4.79 Å². The van der Waals surface area contributed by atoms with Gasteiger partial charge in [-0.3, -0.25) is 0 Å². The number of piperazine rings is 1. The molecule has 6 nitrogen and oxygen atoms in total. The summed E-state index contributed by atoms with van der Waals surface area (Å²) in [5, 5.41) is 13.2. The predicted octanol–water partition coefficient (Wildman–Crippen LogP) is 1.29. The molecule has 3 heterocycles. The fourth-order valence-corrected chi connectivity index (χ4v) is 3.51. The molecule has 0 amide bonds. The Labute approximate surface area is 120 Å². The van der Waals surface area contributed by atoms with Gasteiger partial charge in [0.1, 0.15) is 15.5 Å². The third-order valence-corrected chi connectivity index (χ3v) is 4.61. The Balaban J connectivity index is 2.11. The molecule has 4 N–H and O–H groups in total. The van der Waals surface area contributed by atoms with Gasteiger partial charge in [0, 0.05) is 31.6 Å². The third kappa shape index (κ3) is 2.08. The Morgan fingerprint density at radius 3 is 2.85 bits per heavy atom. The smallest absolute Gasteiger partial charge is 0.348 e. The van der Waals surface area contributed by atoms with Gasteiger partial charge in [0.25, 0.3) is 0 Å². The van der Waals surface area contributed by atoms with Crippen molar-refractivity contribution in [3.05, 3.63) is 16.5 Å². The van der Waals surface area contributed by atoms with Gasteiger partial charge in [-0.25, -0.2) is 9.78 Å². The number of nitrogens with zero attached hydrogens (tertiary/aromatic N) is 2. The number of carboxylic acids is 1. The summed E-state index contributed by atoms with van der Waals surface area (Å²) in [7, 11) is 0. The van der Waals surface area contributed by atoms with Gasteiger partial charge in [-0.05, 0) is 18.6 Å². The Hall–Kier alpha value is -1.86. The van der Waals surface area contributed by atoms with Crippen molar-refractivity contribution in [1.82, 2.24) is 10.3 Å². The fraction of sp³-hybridized carbons (Fsp3) is 0.385. The van der Waals surface area contributed by atoms with Crippen molar-refractivity contribution in [1.29, 1.82) is 0 Å². The van der Waals surface area contributed by atoms with Crippen molar-refractivity contribution in [3.63, 3.8) is 0 Å². The average Bonchev–Trinajstić information content (AvgIpc) is 2.77. The number of nitrogen functional groups attached to an aromatic ring is 1. The van der Waals surface area contributed by atoms with E-state index in [1.54, 1.807) is 0 Å². The molecular formula is C13H16N4O2S. The Morgan fingerprint density at radius 2 is 2.20 bits per heavy atom. The fourth-order valence-electron chi connectivity index (χ4n) is 2.51. The molecule has 0 aromatic carbocycles. The molecule has 106 valence electrons. The van der Waals surface area contributed by atoms with Crippen molar-refractivity contribution < 1.29 is 9.90 Å². The highest BCUT2D eigenvalue weighted by molar-refractivity contribution is 7.21. The number of rotatable bonds is 2. The monoisotopic (exact) mass is 292 g/mol. The molecule has 0 unspecified atom stereocenters. The molecule has 1 aliphatic heterocycles. The van der Waals surface area contributed by atoms with E-state index in [2.05, 4.69) is 15.2 Å². The lowest BCUT2D eigenvalue weighted by molar-refractivity contribution is 0.0703. The molecule has 1 aliphatic rings. The summed E-state index contributed by atoms with van der Waals surface area (Å²) in [6.07, 6.45) is 0. The van der Waals surface area contributed by atoms with E-state index in [0.29, 0.717) is 10.5 Å². The molecule has 2 aromatic rings. The maximum Gasteiger partial charge on any atom is 0.348 e. The molecule has 0 aliphatic carbocycles. The van der Waals surface area contributed by atoms with Crippen LogP contribution in [0.1, 0.15) is 15.2 Å². The number of anilines is 2. The number of pyridine rings is 1. The van der Waals surface area contributed by atoms with Crippen LogP contribution < -0.4 is 16.0 Å². The van der Waals surface area contributed by atoms with Crippen LogP contribution in [0.3, 0.4) is 0 Å². The van der Waals surface area contributed by atoms with E-state index in [0.717, 1.165) is 54.3 Å². The molecule has 1 fully saturated rings. The largest absolute Gasteiger partial charge is 0.477 e. The molecule has 0 atom stereocenters. The topological polar surface area (TPSA) is 91.5 Å². The molecular weight excluding hydrogens is 276 g/mol. The van der Waals surface area contributed by atoms with Crippen LogP contribution in [-0.4, -0.2) is 42.2 Å². The average molecular weight is 292 g/mol. The van der Waals surface area contributed by atoms with Crippen LogP contribution in [0.4, 0.5) is 11.5 Å². The second-order valence-corrected chi connectivity index (χ2v) is 5.86. The normalized spacial score (nSPS) is 15.8. The van der Waals surface area contributed by atoms with Gasteiger partial charge in [-0.2, -0.15) is 0 Å². The van der Waals surface area contributed by atoms with Crippen molar-refractivity contribution in [3.8, 4) is 0 Å². The number of carboxylic acid groups (broad SMARTS) is 1. The highest BCUT2D eigenvalue weighted by Gasteiger charge is 2.20. The maximum absolute atomic E-state index is 11.2. The van der Waals surface area contributed by atoms with E-state index in [-0.39, 0.29) is 4.88 Å². The molecule has 7 heteroatoms. The zero-order valence-corrected chi connectivity index (χ0v) is 12.0. The summed E-state index contributed by atoms with van der Waals surface area (Å²) in [6.45, 7) is 5.64. The number of aromatic nitrogens is 1. The zero-order valence-electron chi connectivity index (χ0n) is 11.1. The quantitative estimate of drug-likeness (QED) is 0.772. The van der Waals surface area contributed by atoms with Crippen molar-refractivity contribution in [2.75, 3.05) is 36.8 Å². The minimum atomic E-state index is -0.992. The standard InChI is InChI=1S/C13H16N4O2S/c1-7-6-8(17-4-2-15-3-5-17)16-12-9(7)10(14)11(20-12)13(18)19/h6,15H,2-5,14H2,1H3,(H,18,19). The summed E-state index contributed by atoms with van der Waals surface area (Å²) in [4.78, 5) is 18.9. The number of thiophene rings is 1. The summed E-state index contributed by atoms with van der Waals surface area (Å²) < 4.78 is 0. The van der Waals surface area contributed by atoms with E-state index in [1.165, 1.54) is 0 Å². The minimum Gasteiger partial charge on any atom is -0.477 e. The summed E-state index contributed by atoms with van der Waals surface area (Å²) in [6, 6.07) is 1.99. The lowest BCUT2D eigenvalue weighted by Gasteiger charge is -2.28. The van der Waals surface area contributed by atoms with Gasteiger partial charge >= 0.3 is 5.97 Å². The molecule has 20 heavy (non-hydrogen) atoms. The van der Waals surface area contributed by atoms with Crippen LogP contribution >= 0.6 is 11.3 Å². The molecule has 0 bridgehead atoms. The molecule has 3 rings (SSSR count). The van der Waals surface area contributed by atoms with Crippen molar-refractivity contribution >= 4 is 39.0 Å². The number of aromatic carboxylic acids is 1. The summed E-state index contributed by atoms with van der Waals surface area (Å²) >= 11 is 1.15. The molecule has 0 spiro atoms. The third-order valence-electron chi connectivity index (χ3n) is 3.52. The predicted molar refractivity (Wildman–Crippen MR) is 80.8 cm³/mol. The number of fused-ring (bicyclic) bond motifs is 1. The van der Waals surface area contributed by atoms with Crippen molar-refractivity contribution in [2.45, 2.75) is 6.92 Å².